The fraction of sp³-hybridized carbons (Fsp3) is 0.176. The van der Waals surface area contributed by atoms with Gasteiger partial charge < -0.3 is 5.32 Å². The Bertz CT molecular complexity index is 786. The van der Waals surface area contributed by atoms with E-state index in [-0.39, 0.29) is 11.7 Å². The van der Waals surface area contributed by atoms with E-state index < -0.39 is 11.9 Å². The van der Waals surface area contributed by atoms with Crippen molar-refractivity contribution in [2.75, 3.05) is 10.3 Å². The third-order valence-corrected chi connectivity index (χ3v) is 3.50. The third kappa shape index (κ3) is 3.24. The van der Waals surface area contributed by atoms with Gasteiger partial charge in [0.05, 0.1) is 5.69 Å². The van der Waals surface area contributed by atoms with Crippen LogP contribution in [0.3, 0.4) is 0 Å². The molecule has 2 aromatic rings. The van der Waals surface area contributed by atoms with Crippen molar-refractivity contribution >= 4 is 29.2 Å². The molecule has 0 saturated heterocycles. The van der Waals surface area contributed by atoms with Crippen molar-refractivity contribution in [1.82, 2.24) is 10.4 Å². The summed E-state index contributed by atoms with van der Waals surface area (Å²) >= 11 is 0. The molecule has 1 aromatic heterocycles. The SMILES string of the molecule is Cc1ccc(NC(=O)C2=N[C@H](C)C(=O)N(c3ccccc3)N2)nc1. The topological polar surface area (TPSA) is 86.7 Å². The quantitative estimate of drug-likeness (QED) is 0.899. The highest BCUT2D eigenvalue weighted by Crippen LogP contribution is 2.16. The normalized spacial score (nSPS) is 17.1. The molecule has 2 amide bonds. The van der Waals surface area contributed by atoms with E-state index in [2.05, 4.69) is 20.7 Å². The lowest BCUT2D eigenvalue weighted by Gasteiger charge is -2.30. The number of nitrogens with one attached hydrogen (secondary N) is 2. The maximum absolute atomic E-state index is 12.4. The van der Waals surface area contributed by atoms with Crippen molar-refractivity contribution in [3.63, 3.8) is 0 Å². The van der Waals surface area contributed by atoms with Crippen LogP contribution in [0.15, 0.2) is 53.7 Å². The first-order chi connectivity index (χ1) is 11.5. The van der Waals surface area contributed by atoms with Gasteiger partial charge in [0, 0.05) is 6.20 Å². The molecule has 2 N–H and O–H groups in total. The molecule has 0 radical (unpaired) electrons. The molecule has 122 valence electrons. The van der Waals surface area contributed by atoms with Crippen molar-refractivity contribution in [1.29, 1.82) is 0 Å². The van der Waals surface area contributed by atoms with E-state index in [1.807, 2.05) is 31.2 Å². The number of aryl methyl sites for hydroxylation is 1. The second-order valence-corrected chi connectivity index (χ2v) is 5.45. The number of hydrazine groups is 1. The van der Waals surface area contributed by atoms with E-state index in [1.54, 1.807) is 31.3 Å². The molecule has 7 heteroatoms. The minimum Gasteiger partial charge on any atom is -0.304 e. The molecular formula is C17H17N5O2. The van der Waals surface area contributed by atoms with Crippen LogP contribution in [-0.2, 0) is 9.59 Å². The Balaban J connectivity index is 1.80. The van der Waals surface area contributed by atoms with Crippen LogP contribution in [0.2, 0.25) is 0 Å². The van der Waals surface area contributed by atoms with Crippen molar-refractivity contribution < 1.29 is 9.59 Å². The summed E-state index contributed by atoms with van der Waals surface area (Å²) < 4.78 is 0. The van der Waals surface area contributed by atoms with Gasteiger partial charge in [0.2, 0.25) is 5.84 Å². The number of carbonyl (C=O) groups is 2. The number of aromatic nitrogens is 1. The number of aliphatic imine (C=N–C) groups is 1. The first kappa shape index (κ1) is 15.7. The third-order valence-electron chi connectivity index (χ3n) is 3.50. The summed E-state index contributed by atoms with van der Waals surface area (Å²) in [5.74, 6) is -0.197. The van der Waals surface area contributed by atoms with Gasteiger partial charge in [0.25, 0.3) is 11.8 Å². The number of pyridine rings is 1. The molecule has 0 spiro atoms. The van der Waals surface area contributed by atoms with Gasteiger partial charge in [-0.1, -0.05) is 24.3 Å². The molecule has 0 saturated carbocycles. The largest absolute Gasteiger partial charge is 0.304 e. The van der Waals surface area contributed by atoms with E-state index >= 15 is 0 Å². The van der Waals surface area contributed by atoms with E-state index in [1.165, 1.54) is 5.01 Å². The van der Waals surface area contributed by atoms with E-state index in [4.69, 9.17) is 0 Å². The maximum atomic E-state index is 12.4. The van der Waals surface area contributed by atoms with Crippen LogP contribution >= 0.6 is 0 Å². The first-order valence-corrected chi connectivity index (χ1v) is 7.52. The molecule has 1 aromatic carbocycles. The zero-order chi connectivity index (χ0) is 17.1. The molecule has 0 bridgehead atoms. The predicted octanol–water partition coefficient (Wildman–Crippen LogP) is 1.67. The second-order valence-electron chi connectivity index (χ2n) is 5.45. The number of carbonyl (C=O) groups excluding carboxylic acids is 2. The number of anilines is 2. The monoisotopic (exact) mass is 323 g/mol. The van der Waals surface area contributed by atoms with Gasteiger partial charge in [-0.05, 0) is 37.6 Å². The predicted molar refractivity (Wildman–Crippen MR) is 91.6 cm³/mol. The van der Waals surface area contributed by atoms with Gasteiger partial charge in [-0.3, -0.25) is 15.0 Å². The summed E-state index contributed by atoms with van der Waals surface area (Å²) in [4.78, 5) is 33.0. The van der Waals surface area contributed by atoms with Crippen molar-refractivity contribution in [3.8, 4) is 0 Å². The average molecular weight is 323 g/mol. The van der Waals surface area contributed by atoms with Crippen LogP contribution in [0.4, 0.5) is 11.5 Å². The van der Waals surface area contributed by atoms with Crippen LogP contribution < -0.4 is 15.8 Å². The Labute approximate surface area is 139 Å². The van der Waals surface area contributed by atoms with Crippen LogP contribution in [0.1, 0.15) is 12.5 Å². The van der Waals surface area contributed by atoms with Crippen molar-refractivity contribution in [3.05, 3.63) is 54.2 Å². The minimum atomic E-state index is -0.654. The first-order valence-electron chi connectivity index (χ1n) is 7.52. The highest BCUT2D eigenvalue weighted by atomic mass is 16.2. The van der Waals surface area contributed by atoms with Gasteiger partial charge in [0.15, 0.2) is 0 Å². The fourth-order valence-corrected chi connectivity index (χ4v) is 2.22. The lowest BCUT2D eigenvalue weighted by Crippen LogP contribution is -2.57. The number of amides is 2. The van der Waals surface area contributed by atoms with E-state index in [0.29, 0.717) is 11.5 Å². The molecule has 2 heterocycles. The zero-order valence-electron chi connectivity index (χ0n) is 13.4. The molecule has 1 aliphatic heterocycles. The van der Waals surface area contributed by atoms with Gasteiger partial charge in [-0.15, -0.1) is 0 Å². The molecule has 24 heavy (non-hydrogen) atoms. The smallest absolute Gasteiger partial charge is 0.293 e. The highest BCUT2D eigenvalue weighted by molar-refractivity contribution is 6.43. The molecule has 1 atom stereocenters. The molecule has 1 aliphatic rings. The Morgan fingerprint density at radius 3 is 2.62 bits per heavy atom. The van der Waals surface area contributed by atoms with Crippen LogP contribution in [0, 0.1) is 6.92 Å². The van der Waals surface area contributed by atoms with E-state index in [0.717, 1.165) is 5.56 Å². The number of benzene rings is 1. The number of amidine groups is 1. The molecule has 0 unspecified atom stereocenters. The Kier molecular flexibility index (Phi) is 4.24. The summed E-state index contributed by atoms with van der Waals surface area (Å²) in [7, 11) is 0. The molecule has 0 aliphatic carbocycles. The zero-order valence-corrected chi connectivity index (χ0v) is 13.4. The summed E-state index contributed by atoms with van der Waals surface area (Å²) in [6, 6.07) is 11.9. The van der Waals surface area contributed by atoms with Crippen LogP contribution in [0.5, 0.6) is 0 Å². The molecular weight excluding hydrogens is 306 g/mol. The Morgan fingerprint density at radius 1 is 1.21 bits per heavy atom. The summed E-state index contributed by atoms with van der Waals surface area (Å²) in [5, 5.41) is 3.99. The van der Waals surface area contributed by atoms with Crippen molar-refractivity contribution in [2.24, 2.45) is 4.99 Å². The molecule has 7 nitrogen and oxygen atoms in total. The van der Waals surface area contributed by atoms with E-state index in [9.17, 15) is 9.59 Å². The summed E-state index contributed by atoms with van der Waals surface area (Å²) in [6.45, 7) is 3.56. The number of nitrogens with zero attached hydrogens (tertiary/aromatic N) is 3. The summed E-state index contributed by atoms with van der Waals surface area (Å²) in [6.07, 6.45) is 1.66. The number of rotatable bonds is 3. The second kappa shape index (κ2) is 6.49. The van der Waals surface area contributed by atoms with Gasteiger partial charge in [-0.25, -0.2) is 15.0 Å². The van der Waals surface area contributed by atoms with Crippen molar-refractivity contribution in [2.45, 2.75) is 19.9 Å². The Morgan fingerprint density at radius 2 is 1.96 bits per heavy atom. The van der Waals surface area contributed by atoms with Crippen LogP contribution in [0.25, 0.3) is 0 Å². The average Bonchev–Trinajstić information content (AvgIpc) is 2.60. The lowest BCUT2D eigenvalue weighted by molar-refractivity contribution is -0.120. The number of hydrogen-bond acceptors (Lipinski definition) is 5. The fourth-order valence-electron chi connectivity index (χ4n) is 2.22. The highest BCUT2D eigenvalue weighted by Gasteiger charge is 2.30. The van der Waals surface area contributed by atoms with Gasteiger partial charge in [-0.2, -0.15) is 0 Å². The molecule has 0 fully saturated rings. The maximum Gasteiger partial charge on any atom is 0.293 e. The summed E-state index contributed by atoms with van der Waals surface area (Å²) in [5.41, 5.74) is 4.41. The van der Waals surface area contributed by atoms with Gasteiger partial charge >= 0.3 is 0 Å². The molecule has 3 rings (SSSR count). The minimum absolute atomic E-state index is 0.0633. The van der Waals surface area contributed by atoms with Gasteiger partial charge in [0.1, 0.15) is 11.9 Å². The number of hydrogen-bond donors (Lipinski definition) is 2. The Hall–Kier alpha value is -3.22. The van der Waals surface area contributed by atoms with Crippen LogP contribution in [-0.4, -0.2) is 28.7 Å². The standard InChI is InChI=1S/C17H17N5O2/c1-11-8-9-14(18-10-11)20-16(23)15-19-12(2)17(24)22(21-15)13-6-4-3-5-7-13/h3-10,12H,1-2H3,(H,19,21)(H,18,20,23)/t12-/m1/s1. The lowest BCUT2D eigenvalue weighted by atomic mass is 10.2. The number of para-hydroxylation sites is 1.